The van der Waals surface area contributed by atoms with Crippen LogP contribution in [0.15, 0.2) is 6.20 Å². The molecule has 0 aromatic carbocycles. The number of nitrogen functional groups attached to an aromatic ring is 1. The van der Waals surface area contributed by atoms with Gasteiger partial charge in [-0.25, -0.2) is 0 Å². The third-order valence-corrected chi connectivity index (χ3v) is 1.81. The van der Waals surface area contributed by atoms with Crippen molar-refractivity contribution in [2.75, 3.05) is 18.9 Å². The van der Waals surface area contributed by atoms with Gasteiger partial charge in [0.05, 0.1) is 43.6 Å². The van der Waals surface area contributed by atoms with Crippen molar-refractivity contribution in [3.8, 4) is 6.07 Å². The van der Waals surface area contributed by atoms with Crippen LogP contribution in [0.25, 0.3) is 0 Å². The Morgan fingerprint density at radius 1 is 1.64 bits per heavy atom. The zero-order valence-electron chi connectivity index (χ0n) is 8.23. The number of hydrogen-bond donors (Lipinski definition) is 1. The minimum absolute atomic E-state index is 0.431. The van der Waals surface area contributed by atoms with Gasteiger partial charge in [-0.2, -0.15) is 10.4 Å². The van der Waals surface area contributed by atoms with E-state index < -0.39 is 0 Å². The van der Waals surface area contributed by atoms with Gasteiger partial charge in [0, 0.05) is 6.20 Å². The van der Waals surface area contributed by atoms with E-state index in [0.29, 0.717) is 31.9 Å². The predicted molar refractivity (Wildman–Crippen MR) is 52.4 cm³/mol. The van der Waals surface area contributed by atoms with Crippen LogP contribution in [0.2, 0.25) is 0 Å². The molecular formula is C9H14N4O. The maximum absolute atomic E-state index is 8.26. The first kappa shape index (κ1) is 10.5. The zero-order valence-corrected chi connectivity index (χ0v) is 8.23. The van der Waals surface area contributed by atoms with Crippen LogP contribution >= 0.6 is 0 Å². The van der Waals surface area contributed by atoms with Gasteiger partial charge >= 0.3 is 0 Å². The molecule has 0 aliphatic rings. The van der Waals surface area contributed by atoms with Crippen LogP contribution in [0.1, 0.15) is 12.1 Å². The maximum atomic E-state index is 8.26. The number of hydrogen-bond acceptors (Lipinski definition) is 4. The first-order valence-corrected chi connectivity index (χ1v) is 4.48. The molecule has 1 rings (SSSR count). The second-order valence-corrected chi connectivity index (χ2v) is 2.95. The van der Waals surface area contributed by atoms with E-state index in [4.69, 9.17) is 15.7 Å². The molecular weight excluding hydrogens is 180 g/mol. The summed E-state index contributed by atoms with van der Waals surface area (Å²) >= 11 is 0. The summed E-state index contributed by atoms with van der Waals surface area (Å²) in [5, 5.41) is 12.4. The molecule has 0 radical (unpaired) electrons. The Bertz CT molecular complexity index is 307. The van der Waals surface area contributed by atoms with Crippen LogP contribution in [0, 0.1) is 18.3 Å². The van der Waals surface area contributed by atoms with Crippen molar-refractivity contribution in [3.63, 3.8) is 0 Å². The van der Waals surface area contributed by atoms with E-state index in [1.165, 1.54) is 0 Å². The number of ether oxygens (including phenoxy) is 1. The van der Waals surface area contributed by atoms with E-state index in [2.05, 4.69) is 5.10 Å². The van der Waals surface area contributed by atoms with Crippen molar-refractivity contribution >= 4 is 5.69 Å². The fraction of sp³-hybridized carbons (Fsp3) is 0.556. The quantitative estimate of drug-likeness (QED) is 0.700. The van der Waals surface area contributed by atoms with E-state index in [9.17, 15) is 0 Å². The summed E-state index contributed by atoms with van der Waals surface area (Å²) in [5.41, 5.74) is 7.16. The van der Waals surface area contributed by atoms with Crippen molar-refractivity contribution in [3.05, 3.63) is 11.9 Å². The number of anilines is 1. The van der Waals surface area contributed by atoms with Crippen molar-refractivity contribution in [2.45, 2.75) is 19.9 Å². The molecule has 0 atom stereocenters. The van der Waals surface area contributed by atoms with Gasteiger partial charge in [0.25, 0.3) is 0 Å². The third-order valence-electron chi connectivity index (χ3n) is 1.81. The summed E-state index contributed by atoms with van der Waals surface area (Å²) in [4.78, 5) is 0. The highest BCUT2D eigenvalue weighted by Crippen LogP contribution is 2.05. The SMILES string of the molecule is Cc1nn(CCOCCC#N)cc1N. The molecule has 0 saturated carbocycles. The monoisotopic (exact) mass is 194 g/mol. The highest BCUT2D eigenvalue weighted by Gasteiger charge is 1.99. The molecule has 2 N–H and O–H groups in total. The first-order valence-electron chi connectivity index (χ1n) is 4.48. The molecule has 76 valence electrons. The van der Waals surface area contributed by atoms with E-state index >= 15 is 0 Å². The van der Waals surface area contributed by atoms with E-state index in [1.807, 2.05) is 13.0 Å². The summed E-state index contributed by atoms with van der Waals surface area (Å²) in [6, 6.07) is 2.01. The maximum Gasteiger partial charge on any atom is 0.0822 e. The molecule has 0 bridgehead atoms. The van der Waals surface area contributed by atoms with Gasteiger partial charge in [0.1, 0.15) is 0 Å². The standard InChI is InChI=1S/C9H14N4O/c1-8-9(11)7-13(12-8)4-6-14-5-2-3-10/h7H,2,4-6,11H2,1H3. The van der Waals surface area contributed by atoms with Crippen LogP contribution in [0.5, 0.6) is 0 Å². The van der Waals surface area contributed by atoms with Gasteiger partial charge in [-0.3, -0.25) is 4.68 Å². The van der Waals surface area contributed by atoms with Crippen molar-refractivity contribution < 1.29 is 4.74 Å². The summed E-state index contributed by atoms with van der Waals surface area (Å²) in [6.45, 7) is 3.57. The van der Waals surface area contributed by atoms with Crippen molar-refractivity contribution in [1.29, 1.82) is 5.26 Å². The molecule has 0 aliphatic heterocycles. The van der Waals surface area contributed by atoms with Crippen LogP contribution in [-0.2, 0) is 11.3 Å². The molecule has 5 nitrogen and oxygen atoms in total. The number of aromatic nitrogens is 2. The fourth-order valence-corrected chi connectivity index (χ4v) is 1.03. The predicted octanol–water partition coefficient (Wildman–Crippen LogP) is 0.704. The molecule has 0 amide bonds. The number of nitrogens with two attached hydrogens (primary N) is 1. The van der Waals surface area contributed by atoms with Crippen molar-refractivity contribution in [1.82, 2.24) is 9.78 Å². The minimum Gasteiger partial charge on any atom is -0.396 e. The molecule has 1 heterocycles. The molecule has 5 heteroatoms. The molecule has 0 aliphatic carbocycles. The van der Waals surface area contributed by atoms with Gasteiger partial charge in [-0.1, -0.05) is 0 Å². The van der Waals surface area contributed by atoms with Gasteiger partial charge in [0.15, 0.2) is 0 Å². The lowest BCUT2D eigenvalue weighted by Crippen LogP contribution is -2.07. The Morgan fingerprint density at radius 3 is 3.00 bits per heavy atom. The first-order chi connectivity index (χ1) is 6.74. The number of rotatable bonds is 5. The number of nitrogens with zero attached hydrogens (tertiary/aromatic N) is 3. The van der Waals surface area contributed by atoms with Crippen LogP contribution < -0.4 is 5.73 Å². The third kappa shape index (κ3) is 3.07. The lowest BCUT2D eigenvalue weighted by Gasteiger charge is -2.01. The van der Waals surface area contributed by atoms with Gasteiger partial charge in [0.2, 0.25) is 0 Å². The molecule has 0 saturated heterocycles. The van der Waals surface area contributed by atoms with Gasteiger partial charge in [-0.05, 0) is 6.92 Å². The van der Waals surface area contributed by atoms with E-state index in [0.717, 1.165) is 5.69 Å². The number of aryl methyl sites for hydroxylation is 1. The molecule has 14 heavy (non-hydrogen) atoms. The molecule has 0 unspecified atom stereocenters. The van der Waals surface area contributed by atoms with Gasteiger partial charge < -0.3 is 10.5 Å². The van der Waals surface area contributed by atoms with Crippen LogP contribution in [0.3, 0.4) is 0 Å². The largest absolute Gasteiger partial charge is 0.396 e. The highest BCUT2D eigenvalue weighted by molar-refractivity contribution is 5.39. The smallest absolute Gasteiger partial charge is 0.0822 e. The number of nitriles is 1. The lowest BCUT2D eigenvalue weighted by molar-refractivity contribution is 0.129. The summed E-state index contributed by atoms with van der Waals surface area (Å²) in [5.74, 6) is 0. The zero-order chi connectivity index (χ0) is 10.4. The summed E-state index contributed by atoms with van der Waals surface area (Å²) in [7, 11) is 0. The topological polar surface area (TPSA) is 76.9 Å². The molecule has 1 aromatic rings. The van der Waals surface area contributed by atoms with E-state index in [1.54, 1.807) is 10.9 Å². The Balaban J connectivity index is 2.22. The molecule has 1 aromatic heterocycles. The molecule has 0 fully saturated rings. The Hall–Kier alpha value is -1.54. The summed E-state index contributed by atoms with van der Waals surface area (Å²) in [6.07, 6.45) is 2.21. The minimum atomic E-state index is 0.431. The van der Waals surface area contributed by atoms with Crippen molar-refractivity contribution in [2.24, 2.45) is 0 Å². The average molecular weight is 194 g/mol. The highest BCUT2D eigenvalue weighted by atomic mass is 16.5. The Kier molecular flexibility index (Phi) is 3.95. The fourth-order valence-electron chi connectivity index (χ4n) is 1.03. The Labute approximate surface area is 83.1 Å². The Morgan fingerprint density at radius 2 is 2.43 bits per heavy atom. The summed E-state index contributed by atoms with van der Waals surface area (Å²) < 4.78 is 6.95. The van der Waals surface area contributed by atoms with Crippen LogP contribution in [0.4, 0.5) is 5.69 Å². The second-order valence-electron chi connectivity index (χ2n) is 2.95. The lowest BCUT2D eigenvalue weighted by atomic mass is 10.4. The normalized spacial score (nSPS) is 10.0. The van der Waals surface area contributed by atoms with Crippen LogP contribution in [-0.4, -0.2) is 23.0 Å². The van der Waals surface area contributed by atoms with E-state index in [-0.39, 0.29) is 0 Å². The second kappa shape index (κ2) is 5.25. The average Bonchev–Trinajstić information content (AvgIpc) is 2.46. The molecule has 0 spiro atoms. The van der Waals surface area contributed by atoms with Gasteiger partial charge in [-0.15, -0.1) is 0 Å².